The Morgan fingerprint density at radius 1 is 1.19 bits per heavy atom. The molecule has 0 spiro atoms. The summed E-state index contributed by atoms with van der Waals surface area (Å²) in [5, 5.41) is 2.79. The van der Waals surface area contributed by atoms with Crippen molar-refractivity contribution in [1.29, 1.82) is 0 Å². The van der Waals surface area contributed by atoms with Gasteiger partial charge in [0.05, 0.1) is 11.3 Å². The Morgan fingerprint density at radius 3 is 2.30 bits per heavy atom. The van der Waals surface area contributed by atoms with Gasteiger partial charge >= 0.3 is 0 Å². The number of allylic oxidation sites excluding steroid dienone is 7. The Bertz CT molecular complexity index is 748. The summed E-state index contributed by atoms with van der Waals surface area (Å²) in [6.07, 6.45) is 7.14. The lowest BCUT2D eigenvalue weighted by atomic mass is 9.96. The molecule has 0 bridgehead atoms. The summed E-state index contributed by atoms with van der Waals surface area (Å²) in [6, 6.07) is 2.45. The Morgan fingerprint density at radius 2 is 1.81 bits per heavy atom. The summed E-state index contributed by atoms with van der Waals surface area (Å²) in [4.78, 5) is 0. The van der Waals surface area contributed by atoms with E-state index in [4.69, 9.17) is 0 Å². The van der Waals surface area contributed by atoms with E-state index in [1.54, 1.807) is 26.0 Å². The second kappa shape index (κ2) is 11.2. The zero-order chi connectivity index (χ0) is 20.4. The van der Waals surface area contributed by atoms with Crippen molar-refractivity contribution in [3.63, 3.8) is 0 Å². The molecule has 1 N–H and O–H groups in total. The van der Waals surface area contributed by atoms with E-state index in [1.165, 1.54) is 30.5 Å². The van der Waals surface area contributed by atoms with Crippen LogP contribution in [-0.2, 0) is 0 Å². The minimum atomic E-state index is -2.51. The van der Waals surface area contributed by atoms with Crippen molar-refractivity contribution in [2.45, 2.75) is 40.0 Å². The van der Waals surface area contributed by atoms with E-state index >= 15 is 0 Å². The first-order chi connectivity index (χ1) is 12.8. The van der Waals surface area contributed by atoms with Gasteiger partial charge in [-0.3, -0.25) is 0 Å². The number of aryl methyl sites for hydroxylation is 1. The van der Waals surface area contributed by atoms with Crippen LogP contribution in [0.5, 0.6) is 0 Å². The van der Waals surface area contributed by atoms with Gasteiger partial charge in [-0.15, -0.1) is 0 Å². The summed E-state index contributed by atoms with van der Waals surface area (Å²) < 4.78 is 54.4. The first-order valence-corrected chi connectivity index (χ1v) is 8.71. The number of hydrogen-bond acceptors (Lipinski definition) is 1. The highest BCUT2D eigenvalue weighted by Crippen LogP contribution is 2.29. The van der Waals surface area contributed by atoms with Crippen molar-refractivity contribution < 1.29 is 17.6 Å². The lowest BCUT2D eigenvalue weighted by molar-refractivity contribution is 0.152. The summed E-state index contributed by atoms with van der Waals surface area (Å²) in [5.74, 6) is -1.49. The Balaban J connectivity index is 3.80. The molecule has 0 aromatic heterocycles. The van der Waals surface area contributed by atoms with E-state index in [9.17, 15) is 17.6 Å². The monoisotopic (exact) mass is 379 g/mol. The summed E-state index contributed by atoms with van der Waals surface area (Å²) in [7, 11) is 0. The molecule has 1 aromatic rings. The third-order valence-electron chi connectivity index (χ3n) is 3.63. The molecular formula is C22H25F4N. The van der Waals surface area contributed by atoms with Gasteiger partial charge in [0.2, 0.25) is 6.43 Å². The Labute approximate surface area is 158 Å². The fourth-order valence-electron chi connectivity index (χ4n) is 2.61. The molecule has 0 radical (unpaired) electrons. The zero-order valence-corrected chi connectivity index (χ0v) is 15.8. The number of hydrogen-bond donors (Lipinski definition) is 1. The van der Waals surface area contributed by atoms with Gasteiger partial charge in [0.1, 0.15) is 11.6 Å². The summed E-state index contributed by atoms with van der Waals surface area (Å²) >= 11 is 0. The van der Waals surface area contributed by atoms with Crippen LogP contribution in [0.3, 0.4) is 0 Å². The largest absolute Gasteiger partial charge is 0.361 e. The van der Waals surface area contributed by atoms with Crippen LogP contribution in [0, 0.1) is 18.6 Å². The molecule has 1 nitrogen and oxygen atoms in total. The maximum Gasteiger partial charge on any atom is 0.242 e. The van der Waals surface area contributed by atoms with E-state index < -0.39 is 24.5 Å². The second-order valence-corrected chi connectivity index (χ2v) is 5.84. The Kier molecular flexibility index (Phi) is 9.34. The van der Waals surface area contributed by atoms with Crippen LogP contribution in [0.25, 0.3) is 5.70 Å². The van der Waals surface area contributed by atoms with Crippen molar-refractivity contribution >= 4 is 5.70 Å². The highest BCUT2D eigenvalue weighted by atomic mass is 19.3. The Hall–Kier alpha value is -2.56. The third kappa shape index (κ3) is 6.59. The standard InChI is InChI=1S/C22H25F4N/c1-5-9-16(10-6-2)17(11-8-12-20(25)26)22(27-7-3)21-18(23)13-15(4)14-19(21)24/h5,7-11,13-14,20,27H,3,6,12H2,1-2,4H3/b9-5-,11-8-,16-10+,22-17+. The van der Waals surface area contributed by atoms with Crippen molar-refractivity contribution in [3.8, 4) is 0 Å². The topological polar surface area (TPSA) is 12.0 Å². The molecule has 0 saturated heterocycles. The number of benzene rings is 1. The average molecular weight is 379 g/mol. The van der Waals surface area contributed by atoms with Gasteiger partial charge in [0, 0.05) is 12.0 Å². The molecule has 0 amide bonds. The molecule has 0 atom stereocenters. The quantitative estimate of drug-likeness (QED) is 0.366. The van der Waals surface area contributed by atoms with Gasteiger partial charge < -0.3 is 5.32 Å². The first-order valence-electron chi connectivity index (χ1n) is 8.71. The molecule has 5 heteroatoms. The molecule has 1 aromatic carbocycles. The van der Waals surface area contributed by atoms with Crippen LogP contribution in [0.15, 0.2) is 66.4 Å². The highest BCUT2D eigenvalue weighted by Gasteiger charge is 2.18. The van der Waals surface area contributed by atoms with Crippen LogP contribution in [-0.4, -0.2) is 6.43 Å². The number of alkyl halides is 2. The van der Waals surface area contributed by atoms with Gasteiger partial charge in [-0.05, 0) is 49.7 Å². The van der Waals surface area contributed by atoms with E-state index in [0.717, 1.165) is 0 Å². The van der Waals surface area contributed by atoms with Crippen LogP contribution >= 0.6 is 0 Å². The van der Waals surface area contributed by atoms with Gasteiger partial charge in [-0.25, -0.2) is 17.6 Å². The normalized spacial score (nSPS) is 13.6. The van der Waals surface area contributed by atoms with Crippen LogP contribution < -0.4 is 5.32 Å². The number of nitrogens with one attached hydrogen (secondary N) is 1. The fourth-order valence-corrected chi connectivity index (χ4v) is 2.61. The molecular weight excluding hydrogens is 354 g/mol. The van der Waals surface area contributed by atoms with E-state index in [0.29, 0.717) is 23.1 Å². The molecule has 0 fully saturated rings. The van der Waals surface area contributed by atoms with E-state index in [-0.39, 0.29) is 11.3 Å². The molecule has 0 aliphatic heterocycles. The predicted molar refractivity (Wildman–Crippen MR) is 104 cm³/mol. The summed E-state index contributed by atoms with van der Waals surface area (Å²) in [6.45, 7) is 8.88. The highest BCUT2D eigenvalue weighted by molar-refractivity contribution is 5.76. The van der Waals surface area contributed by atoms with Gasteiger partial charge in [0.25, 0.3) is 0 Å². The molecule has 0 unspecified atom stereocenters. The minimum absolute atomic E-state index is 0.128. The van der Waals surface area contributed by atoms with Gasteiger partial charge in [-0.1, -0.05) is 43.9 Å². The lowest BCUT2D eigenvalue weighted by Crippen LogP contribution is -2.11. The van der Waals surface area contributed by atoms with Crippen molar-refractivity contribution in [1.82, 2.24) is 5.32 Å². The van der Waals surface area contributed by atoms with Crippen molar-refractivity contribution in [3.05, 3.63) is 89.2 Å². The maximum atomic E-state index is 14.6. The van der Waals surface area contributed by atoms with Crippen LogP contribution in [0.4, 0.5) is 17.6 Å². The maximum absolute atomic E-state index is 14.6. The lowest BCUT2D eigenvalue weighted by Gasteiger charge is -2.17. The zero-order valence-electron chi connectivity index (χ0n) is 15.8. The predicted octanol–water partition coefficient (Wildman–Crippen LogP) is 6.84. The molecule has 0 saturated carbocycles. The van der Waals surface area contributed by atoms with Crippen molar-refractivity contribution in [2.24, 2.45) is 0 Å². The molecule has 146 valence electrons. The van der Waals surface area contributed by atoms with Crippen LogP contribution in [0.1, 0.15) is 37.8 Å². The molecule has 1 rings (SSSR count). The molecule has 0 aliphatic carbocycles. The van der Waals surface area contributed by atoms with Gasteiger partial charge in [0.15, 0.2) is 0 Å². The summed E-state index contributed by atoms with van der Waals surface area (Å²) in [5.41, 5.74) is 1.37. The molecule has 0 heterocycles. The molecule has 0 aliphatic rings. The minimum Gasteiger partial charge on any atom is -0.361 e. The number of halogens is 4. The second-order valence-electron chi connectivity index (χ2n) is 5.84. The first kappa shape index (κ1) is 22.5. The fraction of sp³-hybridized carbons (Fsp3) is 0.273. The number of rotatable bonds is 9. The van der Waals surface area contributed by atoms with E-state index in [2.05, 4.69) is 11.9 Å². The third-order valence-corrected chi connectivity index (χ3v) is 3.63. The van der Waals surface area contributed by atoms with Crippen molar-refractivity contribution in [2.75, 3.05) is 0 Å². The van der Waals surface area contributed by atoms with E-state index in [1.807, 2.05) is 13.0 Å². The average Bonchev–Trinajstić information content (AvgIpc) is 2.57. The molecule has 27 heavy (non-hydrogen) atoms. The SMILES string of the molecule is C=CN/C(=C(\C=C/CC(F)F)C(/C=C\C)=C/CC)c1c(F)cc(C)cc1F. The van der Waals surface area contributed by atoms with Crippen LogP contribution in [0.2, 0.25) is 0 Å². The smallest absolute Gasteiger partial charge is 0.242 e. The van der Waals surface area contributed by atoms with Gasteiger partial charge in [-0.2, -0.15) is 0 Å².